The van der Waals surface area contributed by atoms with Gasteiger partial charge in [-0.3, -0.25) is 0 Å². The third-order valence-corrected chi connectivity index (χ3v) is 4.86. The van der Waals surface area contributed by atoms with Crippen LogP contribution in [-0.2, 0) is 46.4 Å². The minimum atomic E-state index is -6.09. The first-order valence-corrected chi connectivity index (χ1v) is 11.3. The van der Waals surface area contributed by atoms with Gasteiger partial charge < -0.3 is 9.11 Å². The molecule has 0 saturated carbocycles. The molecule has 0 fully saturated rings. The van der Waals surface area contributed by atoms with E-state index in [9.17, 15) is 26.3 Å². The molecule has 0 aromatic rings. The Hall–Kier alpha value is -0.757. The Bertz CT molecular complexity index is 895. The average Bonchev–Trinajstić information content (AvgIpc) is 2.96. The van der Waals surface area contributed by atoms with Crippen LogP contribution >= 0.6 is 0 Å². The van der Waals surface area contributed by atoms with Crippen LogP contribution in [0, 0.1) is 24.0 Å². The summed E-state index contributed by atoms with van der Waals surface area (Å²) >= 11 is 0. The van der Waals surface area contributed by atoms with E-state index in [0.29, 0.717) is 11.8 Å². The van der Waals surface area contributed by atoms with Crippen molar-refractivity contribution in [2.75, 3.05) is 0 Å². The minimum absolute atomic E-state index is 0. The van der Waals surface area contributed by atoms with Crippen molar-refractivity contribution in [1.82, 2.24) is 0 Å². The fourth-order valence-electron chi connectivity index (χ4n) is 1.93. The number of rotatable bonds is 0. The van der Waals surface area contributed by atoms with Crippen LogP contribution in [-0.4, -0.2) is 37.0 Å². The number of hydrogen-bond acceptors (Lipinski definition) is 6. The van der Waals surface area contributed by atoms with E-state index in [0.717, 1.165) is 0 Å². The van der Waals surface area contributed by atoms with Crippen LogP contribution in [0.4, 0.5) is 26.3 Å². The zero-order valence-electron chi connectivity index (χ0n) is 18.3. The summed E-state index contributed by atoms with van der Waals surface area (Å²) in [7, 11) is -12.2. The summed E-state index contributed by atoms with van der Waals surface area (Å²) in [5, 5.41) is 0. The Morgan fingerprint density at radius 1 is 0.697 bits per heavy atom. The van der Waals surface area contributed by atoms with E-state index < -0.39 is 31.3 Å². The molecule has 0 saturated heterocycles. The predicted octanol–water partition coefficient (Wildman–Crippen LogP) is 4.76. The van der Waals surface area contributed by atoms with Crippen LogP contribution in [0.5, 0.6) is 0 Å². The van der Waals surface area contributed by atoms with Gasteiger partial charge in [0.05, 0.1) is 0 Å². The number of hydrogen-bond donors (Lipinski definition) is 0. The second-order valence-electron chi connectivity index (χ2n) is 6.69. The fraction of sp³-hybridized carbons (Fsp3) is 0.556. The van der Waals surface area contributed by atoms with Crippen molar-refractivity contribution in [3.8, 4) is 0 Å². The van der Waals surface area contributed by atoms with Gasteiger partial charge in [-0.05, 0) is 0 Å². The van der Waals surface area contributed by atoms with E-state index in [1.54, 1.807) is 0 Å². The molecule has 0 aromatic carbocycles. The molecule has 2 aliphatic carbocycles. The maximum atomic E-state index is 10.7. The SMILES string of the molecule is CC1=[C-]C(C)=CC1C.CC1=[C-]C(C)=CC1C.O=S(=O)([O-])C(F)(F)F.O=S(=O)([O-])C(F)(F)F.[Zr+4]. The van der Waals surface area contributed by atoms with Gasteiger partial charge in [-0.1, -0.05) is 53.4 Å². The largest absolute Gasteiger partial charge is 4.00 e. The Morgan fingerprint density at radius 3 is 0.909 bits per heavy atom. The first-order valence-electron chi connectivity index (χ1n) is 8.52. The summed E-state index contributed by atoms with van der Waals surface area (Å²) in [6, 6.07) is 0. The molecule has 33 heavy (non-hydrogen) atoms. The van der Waals surface area contributed by atoms with Crippen molar-refractivity contribution in [1.29, 1.82) is 0 Å². The molecule has 0 heterocycles. The zero-order chi connectivity index (χ0) is 26.3. The first kappa shape index (κ1) is 36.8. The Kier molecular flexibility index (Phi) is 15.6. The number of halogens is 6. The molecule has 0 aliphatic heterocycles. The van der Waals surface area contributed by atoms with Crippen molar-refractivity contribution in [3.05, 3.63) is 46.6 Å². The summed E-state index contributed by atoms with van der Waals surface area (Å²) in [4.78, 5) is 0. The summed E-state index contributed by atoms with van der Waals surface area (Å²) in [5.74, 6) is 1.27. The summed E-state index contributed by atoms with van der Waals surface area (Å²) in [5.41, 5.74) is -5.99. The molecule has 15 heteroatoms. The van der Waals surface area contributed by atoms with Crippen LogP contribution in [0.15, 0.2) is 34.4 Å². The van der Waals surface area contributed by atoms with E-state index in [4.69, 9.17) is 25.9 Å². The van der Waals surface area contributed by atoms with Crippen LogP contribution in [0.1, 0.15) is 41.5 Å². The van der Waals surface area contributed by atoms with E-state index in [1.807, 2.05) is 0 Å². The van der Waals surface area contributed by atoms with Crippen LogP contribution in [0.2, 0.25) is 0 Å². The number of alkyl halides is 6. The second kappa shape index (κ2) is 14.0. The third kappa shape index (κ3) is 15.7. The van der Waals surface area contributed by atoms with Gasteiger partial charge in [0.2, 0.25) is 0 Å². The average molecular weight is 604 g/mol. The normalized spacial score (nSPS) is 20.2. The number of allylic oxidation sites excluding steroid dienone is 8. The van der Waals surface area contributed by atoms with Gasteiger partial charge in [0, 0.05) is 0 Å². The Labute approximate surface area is 209 Å². The predicted molar refractivity (Wildman–Crippen MR) is 102 cm³/mol. The fourth-order valence-corrected chi connectivity index (χ4v) is 1.93. The minimum Gasteiger partial charge on any atom is -0.741 e. The van der Waals surface area contributed by atoms with Gasteiger partial charge in [0.15, 0.2) is 20.2 Å². The first-order chi connectivity index (χ1) is 13.9. The third-order valence-electron chi connectivity index (χ3n) is 3.72. The second-order valence-corrected chi connectivity index (χ2v) is 9.43. The molecule has 6 nitrogen and oxygen atoms in total. The van der Waals surface area contributed by atoms with E-state index in [1.165, 1.54) is 22.3 Å². The molecular weight excluding hydrogens is 582 g/mol. The van der Waals surface area contributed by atoms with Gasteiger partial charge >= 0.3 is 37.2 Å². The monoisotopic (exact) mass is 602 g/mol. The molecule has 0 radical (unpaired) electrons. The molecule has 2 rings (SSSR count). The molecule has 0 N–H and O–H groups in total. The van der Waals surface area contributed by atoms with Crippen LogP contribution in [0.3, 0.4) is 0 Å². The Morgan fingerprint density at radius 2 is 0.879 bits per heavy atom. The van der Waals surface area contributed by atoms with Gasteiger partial charge in [-0.15, -0.1) is 0 Å². The van der Waals surface area contributed by atoms with Crippen molar-refractivity contribution in [2.24, 2.45) is 11.8 Å². The quantitative estimate of drug-likeness (QED) is 0.171. The van der Waals surface area contributed by atoms with Crippen molar-refractivity contribution in [2.45, 2.75) is 52.6 Å². The van der Waals surface area contributed by atoms with E-state index >= 15 is 0 Å². The van der Waals surface area contributed by atoms with Crippen LogP contribution in [0.25, 0.3) is 0 Å². The summed E-state index contributed by atoms with van der Waals surface area (Å²) in [6.07, 6.45) is 11.0. The van der Waals surface area contributed by atoms with Gasteiger partial charge in [-0.2, -0.15) is 37.5 Å². The maximum Gasteiger partial charge on any atom is 4.00 e. The molecule has 0 bridgehead atoms. The molecule has 0 spiro atoms. The molecule has 2 atom stereocenters. The summed E-state index contributed by atoms with van der Waals surface area (Å²) in [6.45, 7) is 12.8. The van der Waals surface area contributed by atoms with Crippen molar-refractivity contribution in [3.63, 3.8) is 0 Å². The zero-order valence-corrected chi connectivity index (χ0v) is 22.4. The van der Waals surface area contributed by atoms with Crippen LogP contribution < -0.4 is 0 Å². The van der Waals surface area contributed by atoms with E-state index in [-0.39, 0.29) is 26.2 Å². The Balaban J connectivity index is -0.000000360. The molecular formula is C18H22F6O6S2Zr. The van der Waals surface area contributed by atoms with Gasteiger partial charge in [0.1, 0.15) is 0 Å². The van der Waals surface area contributed by atoms with Crippen molar-refractivity contribution >= 4 is 20.2 Å². The standard InChI is InChI=1S/2C8H11.2CHF3O3S.Zr/c2*1-6-4-7(2)8(3)5-6;2*2-1(3,4)8(5,6)7;/h2*4,7H,1-3H3;2*(H,5,6,7);/q2*-1;;;+4/p-2. The molecule has 188 valence electrons. The smallest absolute Gasteiger partial charge is 0.741 e. The van der Waals surface area contributed by atoms with Gasteiger partial charge in [-0.25, -0.2) is 52.3 Å². The summed E-state index contributed by atoms with van der Waals surface area (Å²) < 4.78 is 118. The maximum absolute atomic E-state index is 10.7. The van der Waals surface area contributed by atoms with E-state index in [2.05, 4.69) is 65.8 Å². The van der Waals surface area contributed by atoms with Crippen molar-refractivity contribution < 1.29 is 78.5 Å². The van der Waals surface area contributed by atoms with Gasteiger partial charge in [0.25, 0.3) is 0 Å². The molecule has 0 amide bonds. The molecule has 2 aliphatic rings. The topological polar surface area (TPSA) is 114 Å². The molecule has 2 unspecified atom stereocenters. The molecule has 0 aromatic heterocycles.